The van der Waals surface area contributed by atoms with Crippen molar-refractivity contribution in [3.05, 3.63) is 24.5 Å². The lowest BCUT2D eigenvalue weighted by atomic mass is 10.0. The zero-order valence-corrected chi connectivity index (χ0v) is 11.3. The number of carbonyl (C=O) groups is 1. The van der Waals surface area contributed by atoms with Gasteiger partial charge in [0.1, 0.15) is 6.54 Å². The predicted molar refractivity (Wildman–Crippen MR) is 73.7 cm³/mol. The van der Waals surface area contributed by atoms with E-state index >= 15 is 0 Å². The van der Waals surface area contributed by atoms with Gasteiger partial charge in [-0.15, -0.1) is 0 Å². The van der Waals surface area contributed by atoms with E-state index in [0.717, 1.165) is 19.5 Å². The standard InChI is InChI=1S/C14H23N3O2/c18-12-13-5-1-2-9-17(13)10-6-15-14(19)11-16-7-3-4-8-16/h3-4,7-8,13,18H,1-2,5-6,9-12H2,(H,15,19)/t13-/m1/s1. The maximum absolute atomic E-state index is 11.7. The SMILES string of the molecule is O=C(Cn1cccc1)NCCN1CCCC[C@@H]1CO. The van der Waals surface area contributed by atoms with Gasteiger partial charge < -0.3 is 15.0 Å². The molecule has 5 nitrogen and oxygen atoms in total. The molecule has 1 amide bonds. The van der Waals surface area contributed by atoms with Crippen LogP contribution in [0.5, 0.6) is 0 Å². The number of aliphatic hydroxyl groups is 1. The lowest BCUT2D eigenvalue weighted by Crippen LogP contribution is -2.45. The molecule has 0 aliphatic carbocycles. The van der Waals surface area contributed by atoms with Gasteiger partial charge in [-0.25, -0.2) is 0 Å². The highest BCUT2D eigenvalue weighted by Crippen LogP contribution is 2.15. The summed E-state index contributed by atoms with van der Waals surface area (Å²) in [5.41, 5.74) is 0. The normalized spacial score (nSPS) is 20.4. The molecule has 0 saturated carbocycles. The quantitative estimate of drug-likeness (QED) is 0.785. The van der Waals surface area contributed by atoms with Gasteiger partial charge in [0.2, 0.25) is 5.91 Å². The zero-order chi connectivity index (χ0) is 13.5. The molecule has 0 radical (unpaired) electrons. The van der Waals surface area contributed by atoms with Crippen LogP contribution in [0.1, 0.15) is 19.3 Å². The molecule has 1 saturated heterocycles. The van der Waals surface area contributed by atoms with E-state index in [0.29, 0.717) is 13.1 Å². The second-order valence-corrected chi connectivity index (χ2v) is 5.07. The Balaban J connectivity index is 1.66. The molecule has 19 heavy (non-hydrogen) atoms. The van der Waals surface area contributed by atoms with Crippen LogP contribution in [0.3, 0.4) is 0 Å². The van der Waals surface area contributed by atoms with E-state index in [1.165, 1.54) is 12.8 Å². The maximum atomic E-state index is 11.7. The number of nitrogens with zero attached hydrogens (tertiary/aromatic N) is 2. The molecule has 2 heterocycles. The minimum absolute atomic E-state index is 0.0359. The van der Waals surface area contributed by atoms with Crippen molar-refractivity contribution >= 4 is 5.91 Å². The van der Waals surface area contributed by atoms with E-state index in [-0.39, 0.29) is 18.6 Å². The van der Waals surface area contributed by atoms with Gasteiger partial charge in [0.25, 0.3) is 0 Å². The molecule has 5 heteroatoms. The van der Waals surface area contributed by atoms with Crippen LogP contribution < -0.4 is 5.32 Å². The van der Waals surface area contributed by atoms with Crippen molar-refractivity contribution in [2.75, 3.05) is 26.2 Å². The van der Waals surface area contributed by atoms with Crippen molar-refractivity contribution in [1.29, 1.82) is 0 Å². The highest BCUT2D eigenvalue weighted by molar-refractivity contribution is 5.75. The number of aliphatic hydroxyl groups excluding tert-OH is 1. The number of piperidine rings is 1. The second-order valence-electron chi connectivity index (χ2n) is 5.07. The zero-order valence-electron chi connectivity index (χ0n) is 11.3. The Hall–Kier alpha value is -1.33. The first-order valence-corrected chi connectivity index (χ1v) is 7.02. The van der Waals surface area contributed by atoms with Gasteiger partial charge in [-0.3, -0.25) is 9.69 Å². The van der Waals surface area contributed by atoms with Gasteiger partial charge in [-0.2, -0.15) is 0 Å². The Bertz CT molecular complexity index is 378. The Morgan fingerprint density at radius 3 is 2.84 bits per heavy atom. The van der Waals surface area contributed by atoms with E-state index in [1.54, 1.807) is 0 Å². The Labute approximate surface area is 114 Å². The number of nitrogens with one attached hydrogen (secondary N) is 1. The molecule has 0 bridgehead atoms. The van der Waals surface area contributed by atoms with Crippen molar-refractivity contribution in [3.8, 4) is 0 Å². The topological polar surface area (TPSA) is 57.5 Å². The van der Waals surface area contributed by atoms with E-state index in [1.807, 2.05) is 29.1 Å². The molecule has 0 aromatic carbocycles. The van der Waals surface area contributed by atoms with Crippen LogP contribution >= 0.6 is 0 Å². The summed E-state index contributed by atoms with van der Waals surface area (Å²) in [6.45, 7) is 3.09. The Morgan fingerprint density at radius 2 is 2.11 bits per heavy atom. The van der Waals surface area contributed by atoms with Crippen molar-refractivity contribution in [1.82, 2.24) is 14.8 Å². The monoisotopic (exact) mass is 265 g/mol. The number of aromatic nitrogens is 1. The lowest BCUT2D eigenvalue weighted by molar-refractivity contribution is -0.121. The van der Waals surface area contributed by atoms with Crippen LogP contribution in [0.25, 0.3) is 0 Å². The highest BCUT2D eigenvalue weighted by atomic mass is 16.3. The number of likely N-dealkylation sites (tertiary alicyclic amines) is 1. The van der Waals surface area contributed by atoms with Crippen LogP contribution in [0, 0.1) is 0 Å². The summed E-state index contributed by atoms with van der Waals surface area (Å²) in [5.74, 6) is 0.0359. The Morgan fingerprint density at radius 1 is 1.32 bits per heavy atom. The molecule has 1 aliphatic rings. The van der Waals surface area contributed by atoms with Crippen molar-refractivity contribution in [2.24, 2.45) is 0 Å². The first kappa shape index (κ1) is 14.1. The predicted octanol–water partition coefficient (Wildman–Crippen LogP) is 0.451. The molecule has 2 N–H and O–H groups in total. The summed E-state index contributed by atoms with van der Waals surface area (Å²) < 4.78 is 1.85. The summed E-state index contributed by atoms with van der Waals surface area (Å²) in [4.78, 5) is 14.0. The van der Waals surface area contributed by atoms with Gasteiger partial charge in [0.15, 0.2) is 0 Å². The molecular weight excluding hydrogens is 242 g/mol. The lowest BCUT2D eigenvalue weighted by Gasteiger charge is -2.34. The molecule has 1 aromatic heterocycles. The minimum atomic E-state index is 0.0359. The maximum Gasteiger partial charge on any atom is 0.239 e. The van der Waals surface area contributed by atoms with Gasteiger partial charge in [-0.1, -0.05) is 6.42 Å². The third-order valence-corrected chi connectivity index (χ3v) is 3.67. The van der Waals surface area contributed by atoms with Crippen molar-refractivity contribution in [3.63, 3.8) is 0 Å². The number of amides is 1. The molecule has 0 spiro atoms. The van der Waals surface area contributed by atoms with Gasteiger partial charge in [-0.05, 0) is 31.5 Å². The summed E-state index contributed by atoms with van der Waals surface area (Å²) in [7, 11) is 0. The fourth-order valence-electron chi connectivity index (χ4n) is 2.60. The van der Waals surface area contributed by atoms with Crippen LogP contribution in [0.2, 0.25) is 0 Å². The average Bonchev–Trinajstić information content (AvgIpc) is 2.92. The van der Waals surface area contributed by atoms with Crippen LogP contribution in [-0.4, -0.2) is 52.8 Å². The fraction of sp³-hybridized carbons (Fsp3) is 0.643. The van der Waals surface area contributed by atoms with Crippen molar-refractivity contribution in [2.45, 2.75) is 31.8 Å². The smallest absolute Gasteiger partial charge is 0.239 e. The Kier molecular flexibility index (Phi) is 5.42. The first-order chi connectivity index (χ1) is 9.29. The highest BCUT2D eigenvalue weighted by Gasteiger charge is 2.20. The van der Waals surface area contributed by atoms with Gasteiger partial charge in [0.05, 0.1) is 6.61 Å². The third kappa shape index (κ3) is 4.36. The second kappa shape index (κ2) is 7.31. The molecule has 1 aliphatic heterocycles. The number of hydrogen-bond acceptors (Lipinski definition) is 3. The molecule has 106 valence electrons. The van der Waals surface area contributed by atoms with Crippen LogP contribution in [-0.2, 0) is 11.3 Å². The van der Waals surface area contributed by atoms with E-state index in [9.17, 15) is 9.90 Å². The summed E-state index contributed by atoms with van der Waals surface area (Å²) >= 11 is 0. The molecule has 1 aromatic rings. The summed E-state index contributed by atoms with van der Waals surface area (Å²) in [6.07, 6.45) is 7.21. The molecule has 0 unspecified atom stereocenters. The average molecular weight is 265 g/mol. The molecule has 2 rings (SSSR count). The van der Waals surface area contributed by atoms with Crippen LogP contribution in [0.4, 0.5) is 0 Å². The van der Waals surface area contributed by atoms with Crippen LogP contribution in [0.15, 0.2) is 24.5 Å². The molecule has 1 atom stereocenters. The number of rotatable bonds is 6. The van der Waals surface area contributed by atoms with E-state index in [2.05, 4.69) is 10.2 Å². The van der Waals surface area contributed by atoms with Crippen molar-refractivity contribution < 1.29 is 9.90 Å². The minimum Gasteiger partial charge on any atom is -0.395 e. The fourth-order valence-corrected chi connectivity index (χ4v) is 2.60. The number of hydrogen-bond donors (Lipinski definition) is 2. The molecule has 1 fully saturated rings. The largest absolute Gasteiger partial charge is 0.395 e. The summed E-state index contributed by atoms with van der Waals surface area (Å²) in [6, 6.07) is 4.09. The van der Waals surface area contributed by atoms with E-state index < -0.39 is 0 Å². The first-order valence-electron chi connectivity index (χ1n) is 7.02. The van der Waals surface area contributed by atoms with Gasteiger partial charge in [0, 0.05) is 31.5 Å². The van der Waals surface area contributed by atoms with E-state index in [4.69, 9.17) is 0 Å². The number of carbonyl (C=O) groups excluding carboxylic acids is 1. The molecular formula is C14H23N3O2. The van der Waals surface area contributed by atoms with Gasteiger partial charge >= 0.3 is 0 Å². The summed E-state index contributed by atoms with van der Waals surface area (Å²) in [5, 5.41) is 12.2. The third-order valence-electron chi connectivity index (χ3n) is 3.67.